The van der Waals surface area contributed by atoms with E-state index in [1.165, 1.54) is 18.2 Å². The van der Waals surface area contributed by atoms with Crippen LogP contribution < -0.4 is 11.1 Å². The summed E-state index contributed by atoms with van der Waals surface area (Å²) in [5, 5.41) is 2.39. The zero-order valence-electron chi connectivity index (χ0n) is 12.2. The lowest BCUT2D eigenvalue weighted by molar-refractivity contribution is -0.119. The van der Waals surface area contributed by atoms with Gasteiger partial charge < -0.3 is 15.8 Å². The molecule has 2 rings (SSSR count). The highest BCUT2D eigenvalue weighted by atomic mass is 19.1. The predicted molar refractivity (Wildman–Crippen MR) is 80.9 cm³/mol. The van der Waals surface area contributed by atoms with Crippen LogP contribution in [0.3, 0.4) is 0 Å². The van der Waals surface area contributed by atoms with Crippen LogP contribution in [0.15, 0.2) is 36.4 Å². The Morgan fingerprint density at radius 1 is 1.17 bits per heavy atom. The summed E-state index contributed by atoms with van der Waals surface area (Å²) in [5.41, 5.74) is 6.06. The highest BCUT2D eigenvalue weighted by Crippen LogP contribution is 2.15. The van der Waals surface area contributed by atoms with Gasteiger partial charge in [0.2, 0.25) is 0 Å². The van der Waals surface area contributed by atoms with Gasteiger partial charge in [-0.1, -0.05) is 6.07 Å². The van der Waals surface area contributed by atoms with Crippen LogP contribution in [0.25, 0.3) is 0 Å². The largest absolute Gasteiger partial charge is 0.452 e. The molecule has 0 spiro atoms. The van der Waals surface area contributed by atoms with Gasteiger partial charge in [-0.3, -0.25) is 4.79 Å². The number of halogens is 2. The monoisotopic (exact) mass is 320 g/mol. The number of benzene rings is 2. The van der Waals surface area contributed by atoms with Crippen LogP contribution in [0.2, 0.25) is 0 Å². The number of rotatable bonds is 4. The molecule has 0 aliphatic rings. The van der Waals surface area contributed by atoms with Crippen molar-refractivity contribution in [3.8, 4) is 0 Å². The number of nitrogens with two attached hydrogens (primary N) is 1. The van der Waals surface area contributed by atoms with Crippen LogP contribution in [0.1, 0.15) is 15.9 Å². The summed E-state index contributed by atoms with van der Waals surface area (Å²) in [6, 6.07) is 7.40. The van der Waals surface area contributed by atoms with Gasteiger partial charge in [-0.25, -0.2) is 13.6 Å². The second kappa shape index (κ2) is 6.87. The van der Waals surface area contributed by atoms with E-state index in [1.807, 2.05) is 0 Å². The van der Waals surface area contributed by atoms with E-state index >= 15 is 0 Å². The maximum Gasteiger partial charge on any atom is 0.340 e. The Morgan fingerprint density at radius 2 is 1.91 bits per heavy atom. The Morgan fingerprint density at radius 3 is 2.57 bits per heavy atom. The molecule has 0 atom stereocenters. The van der Waals surface area contributed by atoms with Crippen molar-refractivity contribution in [2.75, 3.05) is 17.7 Å². The van der Waals surface area contributed by atoms with E-state index in [4.69, 9.17) is 10.5 Å². The van der Waals surface area contributed by atoms with Gasteiger partial charge in [0.15, 0.2) is 6.61 Å². The van der Waals surface area contributed by atoms with E-state index in [1.54, 1.807) is 6.92 Å². The van der Waals surface area contributed by atoms with Gasteiger partial charge in [0.05, 0.1) is 5.56 Å². The number of carbonyl (C=O) groups excluding carboxylic acids is 2. The van der Waals surface area contributed by atoms with E-state index in [9.17, 15) is 18.4 Å². The van der Waals surface area contributed by atoms with Crippen LogP contribution in [-0.2, 0) is 9.53 Å². The number of amides is 1. The Bertz CT molecular complexity index is 763. The number of nitrogen functional groups attached to an aromatic ring is 1. The maximum atomic E-state index is 13.4. The third-order valence-corrected chi connectivity index (χ3v) is 3.02. The Kier molecular flexibility index (Phi) is 4.90. The van der Waals surface area contributed by atoms with E-state index in [-0.39, 0.29) is 16.9 Å². The molecule has 0 saturated carbocycles. The van der Waals surface area contributed by atoms with Crippen molar-refractivity contribution in [3.63, 3.8) is 0 Å². The summed E-state index contributed by atoms with van der Waals surface area (Å²) in [6.45, 7) is 1.01. The molecule has 0 unspecified atom stereocenters. The molecular weight excluding hydrogens is 306 g/mol. The number of aryl methyl sites for hydroxylation is 1. The molecule has 0 saturated heterocycles. The minimum absolute atomic E-state index is 0.0411. The van der Waals surface area contributed by atoms with Crippen LogP contribution in [0.4, 0.5) is 20.2 Å². The molecule has 120 valence electrons. The average molecular weight is 320 g/mol. The predicted octanol–water partition coefficient (Wildman–Crippen LogP) is 2.65. The van der Waals surface area contributed by atoms with Gasteiger partial charge in [-0.2, -0.15) is 0 Å². The third-order valence-electron chi connectivity index (χ3n) is 3.02. The topological polar surface area (TPSA) is 81.4 Å². The van der Waals surface area contributed by atoms with Crippen molar-refractivity contribution in [3.05, 3.63) is 59.2 Å². The molecule has 2 aromatic carbocycles. The lowest BCUT2D eigenvalue weighted by Crippen LogP contribution is -2.21. The van der Waals surface area contributed by atoms with E-state index in [2.05, 4.69) is 5.32 Å². The van der Waals surface area contributed by atoms with E-state index < -0.39 is 30.1 Å². The molecule has 0 aliphatic carbocycles. The highest BCUT2D eigenvalue weighted by molar-refractivity contribution is 5.98. The Hall–Kier alpha value is -2.96. The van der Waals surface area contributed by atoms with Gasteiger partial charge in [0.1, 0.15) is 11.6 Å². The average Bonchev–Trinajstić information content (AvgIpc) is 2.48. The molecule has 0 heterocycles. The van der Waals surface area contributed by atoms with Crippen molar-refractivity contribution in [2.24, 2.45) is 0 Å². The molecule has 5 nitrogen and oxygen atoms in total. The van der Waals surface area contributed by atoms with Crippen LogP contribution in [0, 0.1) is 18.6 Å². The summed E-state index contributed by atoms with van der Waals surface area (Å²) < 4.78 is 31.1. The fourth-order valence-corrected chi connectivity index (χ4v) is 1.80. The molecule has 0 radical (unpaired) electrons. The Balaban J connectivity index is 1.93. The number of hydrogen-bond donors (Lipinski definition) is 2. The third kappa shape index (κ3) is 4.26. The SMILES string of the molecule is Cc1ccc(NC(=O)COC(=O)c2ccc(F)cc2N)cc1F. The van der Waals surface area contributed by atoms with Crippen molar-refractivity contribution in [2.45, 2.75) is 6.92 Å². The molecule has 3 N–H and O–H groups in total. The summed E-state index contributed by atoms with van der Waals surface area (Å²) in [5.74, 6) is -2.54. The molecule has 1 amide bonds. The molecular formula is C16H14F2N2O3. The normalized spacial score (nSPS) is 10.2. The number of nitrogens with one attached hydrogen (secondary N) is 1. The van der Waals surface area contributed by atoms with E-state index in [0.717, 1.165) is 18.2 Å². The van der Waals surface area contributed by atoms with Crippen LogP contribution in [0.5, 0.6) is 0 Å². The zero-order chi connectivity index (χ0) is 17.0. The lowest BCUT2D eigenvalue weighted by atomic mass is 10.2. The molecule has 23 heavy (non-hydrogen) atoms. The first-order valence-electron chi connectivity index (χ1n) is 6.65. The molecule has 7 heteroatoms. The van der Waals surface area contributed by atoms with Gasteiger partial charge in [-0.15, -0.1) is 0 Å². The lowest BCUT2D eigenvalue weighted by Gasteiger charge is -2.08. The molecule has 0 fully saturated rings. The highest BCUT2D eigenvalue weighted by Gasteiger charge is 2.14. The first-order chi connectivity index (χ1) is 10.9. The first-order valence-corrected chi connectivity index (χ1v) is 6.65. The molecule has 2 aromatic rings. The van der Waals surface area contributed by atoms with Crippen LogP contribution in [-0.4, -0.2) is 18.5 Å². The standard InChI is InChI=1S/C16H14F2N2O3/c1-9-2-4-11(7-13(9)18)20-15(21)8-23-16(22)12-5-3-10(17)6-14(12)19/h2-7H,8,19H2,1H3,(H,20,21). The number of anilines is 2. The number of ether oxygens (including phenoxy) is 1. The van der Waals surface area contributed by atoms with Gasteiger partial charge in [-0.05, 0) is 42.8 Å². The maximum absolute atomic E-state index is 13.4. The van der Waals surface area contributed by atoms with Crippen molar-refractivity contribution < 1.29 is 23.1 Å². The fourth-order valence-electron chi connectivity index (χ4n) is 1.80. The minimum Gasteiger partial charge on any atom is -0.452 e. The Labute approximate surface area is 131 Å². The molecule has 0 bridgehead atoms. The van der Waals surface area contributed by atoms with E-state index in [0.29, 0.717) is 5.56 Å². The second-order valence-corrected chi connectivity index (χ2v) is 4.82. The summed E-state index contributed by atoms with van der Waals surface area (Å²) in [4.78, 5) is 23.4. The number of esters is 1. The summed E-state index contributed by atoms with van der Waals surface area (Å²) in [7, 11) is 0. The van der Waals surface area contributed by atoms with Crippen molar-refractivity contribution >= 4 is 23.3 Å². The zero-order valence-corrected chi connectivity index (χ0v) is 12.2. The second-order valence-electron chi connectivity index (χ2n) is 4.82. The van der Waals surface area contributed by atoms with Crippen LogP contribution >= 0.6 is 0 Å². The number of hydrogen-bond acceptors (Lipinski definition) is 4. The van der Waals surface area contributed by atoms with Gasteiger partial charge in [0, 0.05) is 11.4 Å². The first kappa shape index (κ1) is 16.4. The minimum atomic E-state index is -0.854. The number of carbonyl (C=O) groups is 2. The van der Waals surface area contributed by atoms with Gasteiger partial charge in [0.25, 0.3) is 5.91 Å². The fraction of sp³-hybridized carbons (Fsp3) is 0.125. The summed E-state index contributed by atoms with van der Waals surface area (Å²) >= 11 is 0. The van der Waals surface area contributed by atoms with Crippen molar-refractivity contribution in [1.29, 1.82) is 0 Å². The van der Waals surface area contributed by atoms with Gasteiger partial charge >= 0.3 is 5.97 Å². The molecule has 0 aromatic heterocycles. The van der Waals surface area contributed by atoms with Crippen molar-refractivity contribution in [1.82, 2.24) is 0 Å². The smallest absolute Gasteiger partial charge is 0.340 e. The quantitative estimate of drug-likeness (QED) is 0.670. The summed E-state index contributed by atoms with van der Waals surface area (Å²) in [6.07, 6.45) is 0. The molecule has 0 aliphatic heterocycles.